The minimum Gasteiger partial charge on any atom is -0.508 e. The number of phenols is 1. The molecule has 1 atom stereocenters. The smallest absolute Gasteiger partial charge is 0.322 e. The van der Waals surface area contributed by atoms with Crippen LogP contribution in [0.3, 0.4) is 0 Å². The molecule has 7 nitrogen and oxygen atoms in total. The quantitative estimate of drug-likeness (QED) is 0.783. The van der Waals surface area contributed by atoms with Gasteiger partial charge in [0.2, 0.25) is 5.89 Å². The van der Waals surface area contributed by atoms with Crippen LogP contribution in [0.2, 0.25) is 0 Å². The van der Waals surface area contributed by atoms with Gasteiger partial charge in [0.15, 0.2) is 0 Å². The molecule has 3 N–H and O–H groups in total. The van der Waals surface area contributed by atoms with E-state index in [9.17, 15) is 9.90 Å². The van der Waals surface area contributed by atoms with Gasteiger partial charge in [0, 0.05) is 5.56 Å². The number of benzene rings is 1. The van der Waals surface area contributed by atoms with Gasteiger partial charge in [-0.1, -0.05) is 5.10 Å². The van der Waals surface area contributed by atoms with Gasteiger partial charge in [0.25, 0.3) is 5.91 Å². The van der Waals surface area contributed by atoms with E-state index in [0.717, 1.165) is 19.4 Å². The van der Waals surface area contributed by atoms with Crippen molar-refractivity contribution >= 4 is 11.9 Å². The first-order valence-electron chi connectivity index (χ1n) is 6.39. The second kappa shape index (κ2) is 5.30. The Morgan fingerprint density at radius 1 is 1.35 bits per heavy atom. The SMILES string of the molecule is O=C(Nc1nnc(C2CCCN2)o1)c1ccc(O)cc1. The lowest BCUT2D eigenvalue weighted by molar-refractivity contribution is 0.102. The van der Waals surface area contributed by atoms with E-state index in [0.29, 0.717) is 11.5 Å². The van der Waals surface area contributed by atoms with Gasteiger partial charge in [-0.2, -0.15) is 0 Å². The lowest BCUT2D eigenvalue weighted by atomic mass is 10.2. The van der Waals surface area contributed by atoms with Crippen LogP contribution in [0.25, 0.3) is 0 Å². The van der Waals surface area contributed by atoms with E-state index >= 15 is 0 Å². The molecule has 1 saturated heterocycles. The zero-order valence-corrected chi connectivity index (χ0v) is 10.7. The first-order valence-corrected chi connectivity index (χ1v) is 6.39. The number of phenolic OH excluding ortho intramolecular Hbond substituents is 1. The summed E-state index contributed by atoms with van der Waals surface area (Å²) in [7, 11) is 0. The molecule has 1 aliphatic heterocycles. The summed E-state index contributed by atoms with van der Waals surface area (Å²) in [6, 6.07) is 6.06. The molecule has 1 unspecified atom stereocenters. The van der Waals surface area contributed by atoms with E-state index in [-0.39, 0.29) is 23.7 Å². The third-order valence-corrected chi connectivity index (χ3v) is 3.15. The number of aromatic nitrogens is 2. The van der Waals surface area contributed by atoms with E-state index in [1.165, 1.54) is 24.3 Å². The van der Waals surface area contributed by atoms with Gasteiger partial charge in [-0.15, -0.1) is 5.10 Å². The maximum absolute atomic E-state index is 11.9. The first kappa shape index (κ1) is 12.6. The lowest BCUT2D eigenvalue weighted by Gasteiger charge is -2.03. The van der Waals surface area contributed by atoms with Gasteiger partial charge in [-0.25, -0.2) is 0 Å². The van der Waals surface area contributed by atoms with Crippen LogP contribution in [0.1, 0.15) is 35.1 Å². The summed E-state index contributed by atoms with van der Waals surface area (Å²) >= 11 is 0. The van der Waals surface area contributed by atoms with Crippen molar-refractivity contribution in [2.45, 2.75) is 18.9 Å². The average Bonchev–Trinajstić information content (AvgIpc) is 3.09. The van der Waals surface area contributed by atoms with E-state index in [4.69, 9.17) is 4.42 Å². The molecule has 0 radical (unpaired) electrons. The van der Waals surface area contributed by atoms with Crippen molar-refractivity contribution in [2.75, 3.05) is 11.9 Å². The first-order chi connectivity index (χ1) is 9.72. The van der Waals surface area contributed by atoms with Crippen LogP contribution in [0.15, 0.2) is 28.7 Å². The van der Waals surface area contributed by atoms with E-state index in [1.54, 1.807) is 0 Å². The summed E-state index contributed by atoms with van der Waals surface area (Å²) in [6.45, 7) is 0.933. The maximum atomic E-state index is 11.9. The zero-order chi connectivity index (χ0) is 13.9. The molecule has 1 fully saturated rings. The summed E-state index contributed by atoms with van der Waals surface area (Å²) in [4.78, 5) is 11.9. The van der Waals surface area contributed by atoms with Crippen LogP contribution in [0, 0.1) is 0 Å². The van der Waals surface area contributed by atoms with Gasteiger partial charge >= 0.3 is 6.01 Å². The fourth-order valence-corrected chi connectivity index (χ4v) is 2.10. The number of carbonyl (C=O) groups excluding carboxylic acids is 1. The highest BCUT2D eigenvalue weighted by Crippen LogP contribution is 2.23. The highest BCUT2D eigenvalue weighted by molar-refractivity contribution is 6.03. The Morgan fingerprint density at radius 3 is 2.85 bits per heavy atom. The molecule has 0 bridgehead atoms. The molecule has 0 aliphatic carbocycles. The summed E-state index contributed by atoms with van der Waals surface area (Å²) in [5.74, 6) is 0.233. The number of aromatic hydroxyl groups is 1. The van der Waals surface area contributed by atoms with Crippen molar-refractivity contribution in [2.24, 2.45) is 0 Å². The number of nitrogens with one attached hydrogen (secondary N) is 2. The topological polar surface area (TPSA) is 100 Å². The normalized spacial score (nSPS) is 18.1. The minimum atomic E-state index is -0.361. The molecule has 1 aliphatic rings. The molecule has 3 rings (SSSR count). The predicted octanol–water partition coefficient (Wildman–Crippen LogP) is 1.45. The van der Waals surface area contributed by atoms with Crippen LogP contribution in [0.5, 0.6) is 5.75 Å². The molecular formula is C13H14N4O3. The third-order valence-electron chi connectivity index (χ3n) is 3.15. The van der Waals surface area contributed by atoms with Crippen LogP contribution in [0.4, 0.5) is 6.01 Å². The number of carbonyl (C=O) groups is 1. The van der Waals surface area contributed by atoms with Crippen LogP contribution in [-0.4, -0.2) is 27.8 Å². The summed E-state index contributed by atoms with van der Waals surface area (Å²) in [5.41, 5.74) is 0.404. The van der Waals surface area contributed by atoms with Crippen LogP contribution in [-0.2, 0) is 0 Å². The van der Waals surface area contributed by atoms with Crippen molar-refractivity contribution in [3.63, 3.8) is 0 Å². The van der Waals surface area contributed by atoms with Gasteiger partial charge in [-0.3, -0.25) is 10.1 Å². The van der Waals surface area contributed by atoms with Crippen molar-refractivity contribution in [1.82, 2.24) is 15.5 Å². The third kappa shape index (κ3) is 2.62. The maximum Gasteiger partial charge on any atom is 0.322 e. The second-order valence-corrected chi connectivity index (χ2v) is 4.60. The highest BCUT2D eigenvalue weighted by Gasteiger charge is 2.22. The Labute approximate surface area is 115 Å². The van der Waals surface area contributed by atoms with E-state index < -0.39 is 0 Å². The number of nitrogens with zero attached hydrogens (tertiary/aromatic N) is 2. The number of rotatable bonds is 3. The van der Waals surface area contributed by atoms with Crippen molar-refractivity contribution in [3.8, 4) is 5.75 Å². The van der Waals surface area contributed by atoms with E-state index in [2.05, 4.69) is 20.8 Å². The lowest BCUT2D eigenvalue weighted by Crippen LogP contribution is -2.13. The molecule has 1 aromatic heterocycles. The largest absolute Gasteiger partial charge is 0.508 e. The second-order valence-electron chi connectivity index (χ2n) is 4.60. The molecule has 2 heterocycles. The molecule has 0 saturated carbocycles. The van der Waals surface area contributed by atoms with Gasteiger partial charge in [0.1, 0.15) is 5.75 Å². The summed E-state index contributed by atoms with van der Waals surface area (Å²) < 4.78 is 5.42. The average molecular weight is 274 g/mol. The van der Waals surface area contributed by atoms with Gasteiger partial charge in [0.05, 0.1) is 6.04 Å². The Kier molecular flexibility index (Phi) is 3.34. The van der Waals surface area contributed by atoms with E-state index in [1.807, 2.05) is 0 Å². The fraction of sp³-hybridized carbons (Fsp3) is 0.308. The number of hydrogen-bond acceptors (Lipinski definition) is 6. The highest BCUT2D eigenvalue weighted by atomic mass is 16.4. The number of amides is 1. The van der Waals surface area contributed by atoms with Crippen molar-refractivity contribution in [3.05, 3.63) is 35.7 Å². The minimum absolute atomic E-state index is 0.0711. The molecular weight excluding hydrogens is 260 g/mol. The van der Waals surface area contributed by atoms with Crippen LogP contribution < -0.4 is 10.6 Å². The molecule has 2 aromatic rings. The Morgan fingerprint density at radius 2 is 2.15 bits per heavy atom. The molecule has 7 heteroatoms. The standard InChI is InChI=1S/C13H14N4O3/c18-9-5-3-8(4-6-9)11(19)15-13-17-16-12(20-13)10-2-1-7-14-10/h3-6,10,14,18H,1-2,7H2,(H,15,17,19). The Bertz CT molecular complexity index is 602. The molecule has 20 heavy (non-hydrogen) atoms. The van der Waals surface area contributed by atoms with Crippen molar-refractivity contribution < 1.29 is 14.3 Å². The van der Waals surface area contributed by atoms with Gasteiger partial charge < -0.3 is 14.8 Å². The van der Waals surface area contributed by atoms with Gasteiger partial charge in [-0.05, 0) is 43.7 Å². The van der Waals surface area contributed by atoms with Crippen LogP contribution >= 0.6 is 0 Å². The molecule has 0 spiro atoms. The Hall–Kier alpha value is -2.41. The fourth-order valence-electron chi connectivity index (χ4n) is 2.10. The summed E-state index contributed by atoms with van der Waals surface area (Å²) in [5, 5.41) is 22.7. The monoisotopic (exact) mass is 274 g/mol. The summed E-state index contributed by atoms with van der Waals surface area (Å²) in [6.07, 6.45) is 2.02. The number of hydrogen-bond donors (Lipinski definition) is 3. The zero-order valence-electron chi connectivity index (χ0n) is 10.7. The van der Waals surface area contributed by atoms with Crippen molar-refractivity contribution in [1.29, 1.82) is 0 Å². The molecule has 1 amide bonds. The molecule has 104 valence electrons. The predicted molar refractivity (Wildman–Crippen MR) is 70.3 cm³/mol. The number of anilines is 1. The molecule has 1 aromatic carbocycles. The Balaban J connectivity index is 1.68.